The van der Waals surface area contributed by atoms with Crippen LogP contribution in [0.3, 0.4) is 0 Å². The number of nitro groups is 1. The Bertz CT molecular complexity index is 626. The van der Waals surface area contributed by atoms with Gasteiger partial charge in [0.05, 0.1) is 11.5 Å². The number of hydrogen-bond donors (Lipinski definition) is 2. The van der Waals surface area contributed by atoms with Gasteiger partial charge in [0.1, 0.15) is 11.0 Å². The average Bonchev–Trinajstić information content (AvgIpc) is 2.44. The summed E-state index contributed by atoms with van der Waals surface area (Å²) in [5.41, 5.74) is -0.523. The van der Waals surface area contributed by atoms with Gasteiger partial charge in [0.2, 0.25) is 0 Å². The molecule has 1 rings (SSSR count). The lowest BCUT2D eigenvalue weighted by atomic mass is 10.1. The lowest BCUT2D eigenvalue weighted by Gasteiger charge is -2.15. The van der Waals surface area contributed by atoms with E-state index in [2.05, 4.69) is 5.16 Å². The number of nitrogens with zero attached hydrogens (tertiary/aromatic N) is 2. The molecule has 0 saturated carbocycles. The van der Waals surface area contributed by atoms with Crippen LogP contribution in [0.1, 0.15) is 12.5 Å². The highest BCUT2D eigenvalue weighted by Gasteiger charge is 2.30. The number of non-ortho nitro benzene ring substituents is 1. The van der Waals surface area contributed by atoms with Gasteiger partial charge in [-0.15, -0.1) is 0 Å². The van der Waals surface area contributed by atoms with E-state index in [0.717, 1.165) is 6.07 Å². The normalized spacial score (nSPS) is 14.0. The van der Waals surface area contributed by atoms with Crippen LogP contribution in [-0.4, -0.2) is 47.0 Å². The first kappa shape index (κ1) is 16.1. The van der Waals surface area contributed by atoms with Crippen molar-refractivity contribution in [3.05, 3.63) is 39.9 Å². The molecule has 110 valence electrons. The van der Waals surface area contributed by atoms with Gasteiger partial charge in [-0.3, -0.25) is 10.1 Å². The molecule has 0 radical (unpaired) electrons. The summed E-state index contributed by atoms with van der Waals surface area (Å²) in [6.45, 7) is 0.610. The molecule has 0 fully saturated rings. The standard InChI is InChI=1S/C11H14N2O6S/c1-2-20(18,19)10(7-14)11(12-15)8-4-3-5-9(6-8)13(16)17/h3-6,10,14-15H,2,7H2,1H3/b12-11+. The summed E-state index contributed by atoms with van der Waals surface area (Å²) in [5, 5.41) is 30.4. The van der Waals surface area contributed by atoms with Crippen molar-refractivity contribution in [1.82, 2.24) is 0 Å². The van der Waals surface area contributed by atoms with Gasteiger partial charge in [-0.05, 0) is 0 Å². The van der Waals surface area contributed by atoms with Crippen LogP contribution in [-0.2, 0) is 9.84 Å². The summed E-state index contributed by atoms with van der Waals surface area (Å²) >= 11 is 0. The molecular weight excluding hydrogens is 288 g/mol. The number of oxime groups is 1. The van der Waals surface area contributed by atoms with Crippen molar-refractivity contribution < 1.29 is 23.7 Å². The predicted molar refractivity (Wildman–Crippen MR) is 71.8 cm³/mol. The first-order valence-electron chi connectivity index (χ1n) is 5.66. The van der Waals surface area contributed by atoms with Gasteiger partial charge >= 0.3 is 0 Å². The van der Waals surface area contributed by atoms with Gasteiger partial charge in [-0.1, -0.05) is 24.2 Å². The van der Waals surface area contributed by atoms with Crippen LogP contribution in [0.25, 0.3) is 0 Å². The molecule has 0 aliphatic rings. The minimum Gasteiger partial charge on any atom is -0.411 e. The summed E-state index contributed by atoms with van der Waals surface area (Å²) in [6.07, 6.45) is 0. The molecule has 8 nitrogen and oxygen atoms in total. The third kappa shape index (κ3) is 3.31. The average molecular weight is 302 g/mol. The van der Waals surface area contributed by atoms with E-state index in [9.17, 15) is 23.6 Å². The van der Waals surface area contributed by atoms with Crippen LogP contribution in [0.5, 0.6) is 0 Å². The molecule has 0 aromatic heterocycles. The molecule has 0 saturated heterocycles. The lowest BCUT2D eigenvalue weighted by molar-refractivity contribution is -0.384. The molecule has 0 bridgehead atoms. The lowest BCUT2D eigenvalue weighted by Crippen LogP contribution is -2.35. The zero-order valence-electron chi connectivity index (χ0n) is 10.6. The number of nitro benzene ring substituents is 1. The van der Waals surface area contributed by atoms with Crippen LogP contribution in [0, 0.1) is 10.1 Å². The second-order valence-electron chi connectivity index (χ2n) is 3.92. The van der Waals surface area contributed by atoms with E-state index < -0.39 is 26.6 Å². The van der Waals surface area contributed by atoms with Gasteiger partial charge in [0.25, 0.3) is 5.69 Å². The molecule has 20 heavy (non-hydrogen) atoms. The Labute approximate surface area is 115 Å². The molecule has 0 heterocycles. The highest BCUT2D eigenvalue weighted by Crippen LogP contribution is 2.18. The van der Waals surface area contributed by atoms with Crippen molar-refractivity contribution in [3.63, 3.8) is 0 Å². The van der Waals surface area contributed by atoms with Gasteiger partial charge in [0, 0.05) is 23.4 Å². The molecule has 2 N–H and O–H groups in total. The fourth-order valence-corrected chi connectivity index (χ4v) is 2.81. The molecule has 1 unspecified atom stereocenters. The number of hydrogen-bond acceptors (Lipinski definition) is 7. The van der Waals surface area contributed by atoms with Gasteiger partial charge in [-0.25, -0.2) is 8.42 Å². The summed E-state index contributed by atoms with van der Waals surface area (Å²) in [5.74, 6) is -0.258. The maximum absolute atomic E-state index is 11.8. The summed E-state index contributed by atoms with van der Waals surface area (Å²) in [7, 11) is -3.71. The molecule has 1 aromatic rings. The second-order valence-corrected chi connectivity index (χ2v) is 6.39. The molecule has 1 atom stereocenters. The van der Waals surface area contributed by atoms with E-state index in [4.69, 9.17) is 5.21 Å². The van der Waals surface area contributed by atoms with Gasteiger partial charge in [0.15, 0.2) is 9.84 Å². The molecule has 0 amide bonds. The van der Waals surface area contributed by atoms with Crippen molar-refractivity contribution in [2.75, 3.05) is 12.4 Å². The number of rotatable bonds is 6. The third-order valence-corrected chi connectivity index (χ3v) is 4.81. The minimum atomic E-state index is -3.71. The number of benzene rings is 1. The Balaban J connectivity index is 3.33. The van der Waals surface area contributed by atoms with Crippen molar-refractivity contribution in [1.29, 1.82) is 0 Å². The number of sulfone groups is 1. The van der Waals surface area contributed by atoms with E-state index in [0.29, 0.717) is 0 Å². The van der Waals surface area contributed by atoms with E-state index >= 15 is 0 Å². The molecule has 0 spiro atoms. The van der Waals surface area contributed by atoms with Crippen LogP contribution in [0.2, 0.25) is 0 Å². The van der Waals surface area contributed by atoms with Crippen LogP contribution in [0.4, 0.5) is 5.69 Å². The Hall–Kier alpha value is -2.00. The van der Waals surface area contributed by atoms with Crippen LogP contribution in [0.15, 0.2) is 29.4 Å². The topological polar surface area (TPSA) is 130 Å². The van der Waals surface area contributed by atoms with E-state index in [-0.39, 0.29) is 22.7 Å². The predicted octanol–water partition coefficient (Wildman–Crippen LogP) is 0.569. The Kier molecular flexibility index (Phi) is 5.17. The minimum absolute atomic E-state index is 0.0674. The zero-order valence-corrected chi connectivity index (χ0v) is 11.4. The smallest absolute Gasteiger partial charge is 0.270 e. The van der Waals surface area contributed by atoms with Crippen molar-refractivity contribution >= 4 is 21.2 Å². The quantitative estimate of drug-likeness (QED) is 0.342. The monoisotopic (exact) mass is 302 g/mol. The van der Waals surface area contributed by atoms with Crippen molar-refractivity contribution in [2.45, 2.75) is 12.2 Å². The first-order chi connectivity index (χ1) is 9.37. The van der Waals surface area contributed by atoms with E-state index in [1.807, 2.05) is 0 Å². The molecule has 0 aliphatic carbocycles. The summed E-state index contributed by atoms with van der Waals surface area (Å²) in [6, 6.07) is 5.02. The summed E-state index contributed by atoms with van der Waals surface area (Å²) in [4.78, 5) is 10.0. The van der Waals surface area contributed by atoms with Crippen LogP contribution >= 0.6 is 0 Å². The van der Waals surface area contributed by atoms with Gasteiger partial charge in [-0.2, -0.15) is 0 Å². The fraction of sp³-hybridized carbons (Fsp3) is 0.364. The van der Waals surface area contributed by atoms with Crippen LogP contribution < -0.4 is 0 Å². The molecule has 1 aromatic carbocycles. The highest BCUT2D eigenvalue weighted by molar-refractivity contribution is 7.92. The second kappa shape index (κ2) is 6.44. The third-order valence-electron chi connectivity index (χ3n) is 2.77. The first-order valence-corrected chi connectivity index (χ1v) is 7.38. The zero-order chi connectivity index (χ0) is 15.3. The van der Waals surface area contributed by atoms with Crippen molar-refractivity contribution in [3.8, 4) is 0 Å². The largest absolute Gasteiger partial charge is 0.411 e. The number of aliphatic hydroxyl groups excluding tert-OH is 1. The van der Waals surface area contributed by atoms with E-state index in [1.165, 1.54) is 25.1 Å². The summed E-state index contributed by atoms with van der Waals surface area (Å²) < 4.78 is 23.7. The Morgan fingerprint density at radius 3 is 2.60 bits per heavy atom. The molecule has 0 aliphatic heterocycles. The van der Waals surface area contributed by atoms with E-state index in [1.54, 1.807) is 0 Å². The molecule has 9 heteroatoms. The van der Waals surface area contributed by atoms with Crippen molar-refractivity contribution in [2.24, 2.45) is 5.16 Å². The molecular formula is C11H14N2O6S. The Morgan fingerprint density at radius 2 is 2.15 bits per heavy atom. The SMILES string of the molecule is CCS(=O)(=O)C(CO)/C(=N/O)c1cccc([N+](=O)[O-])c1. The highest BCUT2D eigenvalue weighted by atomic mass is 32.2. The number of aliphatic hydroxyl groups is 1. The van der Waals surface area contributed by atoms with Gasteiger partial charge < -0.3 is 10.3 Å². The maximum Gasteiger partial charge on any atom is 0.270 e. The Morgan fingerprint density at radius 1 is 1.50 bits per heavy atom. The maximum atomic E-state index is 11.8. The fourth-order valence-electron chi connectivity index (χ4n) is 1.66.